The average Bonchev–Trinajstić information content (AvgIpc) is 2.68. The summed E-state index contributed by atoms with van der Waals surface area (Å²) in [6, 6.07) is 7.57. The normalized spacial score (nSPS) is 13.5. The molecule has 0 aliphatic carbocycles. The maximum Gasteiger partial charge on any atom is 0.257 e. The Morgan fingerprint density at radius 1 is 1.37 bits per heavy atom. The molecule has 0 bridgehead atoms. The number of carbonyl (C=O) groups excluding carboxylic acids is 1. The van der Waals surface area contributed by atoms with Gasteiger partial charge in [-0.15, -0.1) is 0 Å². The number of aromatic nitrogens is 1. The number of fused-ring (bicyclic) bond motifs is 1. The molecule has 0 radical (unpaired) electrons. The van der Waals surface area contributed by atoms with E-state index in [0.717, 1.165) is 11.1 Å². The van der Waals surface area contributed by atoms with Crippen molar-refractivity contribution >= 4 is 28.8 Å². The Bertz CT molecular complexity index is 553. The number of amides is 1. The molecular weight excluding hydrogens is 260 g/mol. The van der Waals surface area contributed by atoms with Crippen LogP contribution in [-0.2, 0) is 4.79 Å². The third-order valence-electron chi connectivity index (χ3n) is 2.42. The molecule has 0 aliphatic rings. The zero-order chi connectivity index (χ0) is 14.0. The minimum Gasteiger partial charge on any atom is -0.431 e. The van der Waals surface area contributed by atoms with Gasteiger partial charge < -0.3 is 9.73 Å². The first kappa shape index (κ1) is 13.9. The molecular formula is C14H18N2O2S. The predicted octanol–water partition coefficient (Wildman–Crippen LogP) is 3.22. The molecule has 1 heterocycles. The van der Waals surface area contributed by atoms with Crippen LogP contribution in [0.4, 0.5) is 0 Å². The molecule has 19 heavy (non-hydrogen) atoms. The molecule has 0 saturated carbocycles. The molecule has 0 fully saturated rings. The van der Waals surface area contributed by atoms with Crippen molar-refractivity contribution in [3.05, 3.63) is 24.3 Å². The number of oxazole rings is 1. The van der Waals surface area contributed by atoms with Gasteiger partial charge in [-0.3, -0.25) is 4.79 Å². The zero-order valence-corrected chi connectivity index (χ0v) is 12.4. The average molecular weight is 278 g/mol. The predicted molar refractivity (Wildman–Crippen MR) is 77.2 cm³/mol. The molecule has 1 aromatic carbocycles. The van der Waals surface area contributed by atoms with E-state index in [2.05, 4.69) is 10.3 Å². The first-order valence-electron chi connectivity index (χ1n) is 6.19. The lowest BCUT2D eigenvalue weighted by atomic mass is 10.1. The molecule has 5 heteroatoms. The van der Waals surface area contributed by atoms with Crippen LogP contribution in [0.5, 0.6) is 0 Å². The van der Waals surface area contributed by atoms with E-state index in [1.807, 2.05) is 52.0 Å². The highest BCUT2D eigenvalue weighted by atomic mass is 32.2. The summed E-state index contributed by atoms with van der Waals surface area (Å²) >= 11 is 1.33. The van der Waals surface area contributed by atoms with Crippen LogP contribution in [0.1, 0.15) is 27.7 Å². The van der Waals surface area contributed by atoms with Gasteiger partial charge in [-0.1, -0.05) is 23.9 Å². The Balaban J connectivity index is 2.06. The minimum atomic E-state index is -0.243. The lowest BCUT2D eigenvalue weighted by molar-refractivity contribution is -0.121. The number of thioether (sulfide) groups is 1. The fourth-order valence-corrected chi connectivity index (χ4v) is 2.33. The van der Waals surface area contributed by atoms with Crippen LogP contribution in [0.15, 0.2) is 33.9 Å². The molecule has 1 unspecified atom stereocenters. The summed E-state index contributed by atoms with van der Waals surface area (Å²) in [4.78, 5) is 16.3. The van der Waals surface area contributed by atoms with Crippen molar-refractivity contribution in [1.82, 2.24) is 10.3 Å². The number of hydrogen-bond acceptors (Lipinski definition) is 4. The van der Waals surface area contributed by atoms with Gasteiger partial charge in [-0.05, 0) is 39.8 Å². The minimum absolute atomic E-state index is 0.0141. The summed E-state index contributed by atoms with van der Waals surface area (Å²) in [5.74, 6) is -0.0141. The van der Waals surface area contributed by atoms with Crippen LogP contribution < -0.4 is 5.32 Å². The largest absolute Gasteiger partial charge is 0.431 e. The molecule has 4 nitrogen and oxygen atoms in total. The number of nitrogens with one attached hydrogen (secondary N) is 1. The van der Waals surface area contributed by atoms with Crippen molar-refractivity contribution in [3.8, 4) is 0 Å². The van der Waals surface area contributed by atoms with Crippen LogP contribution in [0, 0.1) is 0 Å². The second kappa shape index (κ2) is 5.25. The van der Waals surface area contributed by atoms with E-state index in [-0.39, 0.29) is 16.7 Å². The summed E-state index contributed by atoms with van der Waals surface area (Å²) < 4.78 is 5.59. The molecule has 1 aromatic heterocycles. The van der Waals surface area contributed by atoms with E-state index < -0.39 is 0 Å². The Hall–Kier alpha value is -1.49. The number of carbonyl (C=O) groups is 1. The standard InChI is InChI=1S/C14H18N2O2S/c1-9(12(17)16-14(2,3)4)19-13-15-10-7-5-6-8-11(10)18-13/h5-9H,1-4H3,(H,16,17). The zero-order valence-electron chi connectivity index (χ0n) is 11.6. The second-order valence-corrected chi connectivity index (χ2v) is 6.74. The highest BCUT2D eigenvalue weighted by molar-refractivity contribution is 8.00. The molecule has 1 atom stereocenters. The molecule has 2 aromatic rings. The Kier molecular flexibility index (Phi) is 3.85. The maximum atomic E-state index is 12.0. The molecule has 0 spiro atoms. The van der Waals surface area contributed by atoms with Gasteiger partial charge in [0.05, 0.1) is 5.25 Å². The van der Waals surface area contributed by atoms with Crippen LogP contribution >= 0.6 is 11.8 Å². The second-order valence-electron chi connectivity index (χ2n) is 5.45. The van der Waals surface area contributed by atoms with Gasteiger partial charge in [-0.2, -0.15) is 0 Å². The summed E-state index contributed by atoms with van der Waals surface area (Å²) in [5.41, 5.74) is 1.33. The number of benzene rings is 1. The quantitative estimate of drug-likeness (QED) is 0.876. The van der Waals surface area contributed by atoms with E-state index in [1.54, 1.807) is 0 Å². The van der Waals surface area contributed by atoms with E-state index >= 15 is 0 Å². The number of para-hydroxylation sites is 2. The third-order valence-corrected chi connectivity index (χ3v) is 3.36. The highest BCUT2D eigenvalue weighted by Gasteiger charge is 2.21. The van der Waals surface area contributed by atoms with Crippen LogP contribution in [0.2, 0.25) is 0 Å². The fourth-order valence-electron chi connectivity index (χ4n) is 1.58. The van der Waals surface area contributed by atoms with E-state index in [9.17, 15) is 4.79 Å². The van der Waals surface area contributed by atoms with Crippen molar-refractivity contribution in [1.29, 1.82) is 0 Å². The monoisotopic (exact) mass is 278 g/mol. The fraction of sp³-hybridized carbons (Fsp3) is 0.429. The van der Waals surface area contributed by atoms with E-state index in [4.69, 9.17) is 4.42 Å². The van der Waals surface area contributed by atoms with E-state index in [1.165, 1.54) is 11.8 Å². The number of rotatable bonds is 3. The van der Waals surface area contributed by atoms with Crippen LogP contribution in [0.3, 0.4) is 0 Å². The highest BCUT2D eigenvalue weighted by Crippen LogP contribution is 2.26. The lowest BCUT2D eigenvalue weighted by Crippen LogP contribution is -2.44. The number of hydrogen-bond donors (Lipinski definition) is 1. The number of nitrogens with zero attached hydrogens (tertiary/aromatic N) is 1. The molecule has 0 aliphatic heterocycles. The molecule has 1 N–H and O–H groups in total. The Morgan fingerprint density at radius 3 is 2.68 bits per heavy atom. The van der Waals surface area contributed by atoms with Crippen molar-refractivity contribution in [2.75, 3.05) is 0 Å². The first-order valence-corrected chi connectivity index (χ1v) is 7.07. The van der Waals surface area contributed by atoms with Gasteiger partial charge in [0.15, 0.2) is 5.58 Å². The summed E-state index contributed by atoms with van der Waals surface area (Å²) in [7, 11) is 0. The summed E-state index contributed by atoms with van der Waals surface area (Å²) in [5, 5.41) is 3.23. The van der Waals surface area contributed by atoms with Crippen molar-refractivity contribution in [2.45, 2.75) is 43.7 Å². The summed E-state index contributed by atoms with van der Waals surface area (Å²) in [6.07, 6.45) is 0. The maximum absolute atomic E-state index is 12.0. The van der Waals surface area contributed by atoms with Gasteiger partial charge in [0.1, 0.15) is 5.52 Å². The van der Waals surface area contributed by atoms with Gasteiger partial charge >= 0.3 is 0 Å². The van der Waals surface area contributed by atoms with Crippen molar-refractivity contribution in [3.63, 3.8) is 0 Å². The SMILES string of the molecule is CC(Sc1nc2ccccc2o1)C(=O)NC(C)(C)C. The third kappa shape index (κ3) is 3.73. The van der Waals surface area contributed by atoms with Crippen LogP contribution in [0.25, 0.3) is 11.1 Å². The topological polar surface area (TPSA) is 55.1 Å². The van der Waals surface area contributed by atoms with Gasteiger partial charge in [0.2, 0.25) is 5.91 Å². The van der Waals surface area contributed by atoms with Gasteiger partial charge in [0, 0.05) is 5.54 Å². The van der Waals surface area contributed by atoms with Gasteiger partial charge in [0.25, 0.3) is 5.22 Å². The molecule has 102 valence electrons. The van der Waals surface area contributed by atoms with Crippen molar-refractivity contribution < 1.29 is 9.21 Å². The van der Waals surface area contributed by atoms with Crippen molar-refractivity contribution in [2.24, 2.45) is 0 Å². The Labute approximate surface area is 117 Å². The first-order chi connectivity index (χ1) is 8.85. The van der Waals surface area contributed by atoms with Crippen LogP contribution in [-0.4, -0.2) is 21.7 Å². The van der Waals surface area contributed by atoms with Gasteiger partial charge in [-0.25, -0.2) is 4.98 Å². The smallest absolute Gasteiger partial charge is 0.257 e. The van der Waals surface area contributed by atoms with E-state index in [0.29, 0.717) is 5.22 Å². The lowest BCUT2D eigenvalue weighted by Gasteiger charge is -2.22. The molecule has 1 amide bonds. The summed E-state index contributed by atoms with van der Waals surface area (Å²) in [6.45, 7) is 7.73. The molecule has 0 saturated heterocycles. The Morgan fingerprint density at radius 2 is 2.05 bits per heavy atom. The molecule has 2 rings (SSSR count).